The number of Topliss-reactive ketones (excluding diaryl/α,β-unsaturated/α-hetero) is 1. The first kappa shape index (κ1) is 24.4. The summed E-state index contributed by atoms with van der Waals surface area (Å²) in [5.41, 5.74) is 0.699. The number of nitrogens with zero attached hydrogens (tertiary/aromatic N) is 5. The monoisotopic (exact) mass is 500 g/mol. The molecule has 0 aliphatic carbocycles. The summed E-state index contributed by atoms with van der Waals surface area (Å²) in [5, 5.41) is 3.60. The minimum atomic E-state index is -0.406. The predicted molar refractivity (Wildman–Crippen MR) is 138 cm³/mol. The molecule has 0 spiro atoms. The maximum atomic E-state index is 13.9. The minimum Gasteiger partial charge on any atom is -0.489 e. The molecule has 1 amide bonds. The first-order chi connectivity index (χ1) is 17.9. The lowest BCUT2D eigenvalue weighted by Gasteiger charge is -2.28. The standard InChI is InChI=1S/C27H28N6O4/c1-18(2)37-24-8-7-19(23(34)16-31-12-9-29-17-31)15-22(24)33-25(27(36)32-13-10-28-11-14-32)30-21-6-4-3-5-20(21)26(33)35/h3-9,12,15,17-18,28H,10-11,13-14,16H2,1-2H3. The third-order valence-electron chi connectivity index (χ3n) is 6.14. The second-order valence-electron chi connectivity index (χ2n) is 9.14. The number of carbonyl (C=O) groups is 2. The van der Waals surface area contributed by atoms with Gasteiger partial charge in [0.15, 0.2) is 5.78 Å². The van der Waals surface area contributed by atoms with Gasteiger partial charge in [0.2, 0.25) is 5.82 Å². The van der Waals surface area contributed by atoms with Crippen LogP contribution in [-0.4, -0.2) is 68.0 Å². The fraction of sp³-hybridized carbons (Fsp3) is 0.296. The molecule has 10 nitrogen and oxygen atoms in total. The van der Waals surface area contributed by atoms with E-state index < -0.39 is 5.56 Å². The number of para-hydroxylation sites is 1. The van der Waals surface area contributed by atoms with Gasteiger partial charge in [0.25, 0.3) is 11.5 Å². The average molecular weight is 501 g/mol. The van der Waals surface area contributed by atoms with Crippen molar-refractivity contribution in [3.63, 3.8) is 0 Å². The number of hydrogen-bond acceptors (Lipinski definition) is 7. The fourth-order valence-electron chi connectivity index (χ4n) is 4.37. The van der Waals surface area contributed by atoms with Crippen LogP contribution in [0.3, 0.4) is 0 Å². The molecule has 1 fully saturated rings. The Bertz CT molecular complexity index is 1500. The number of nitrogens with one attached hydrogen (secondary N) is 1. The van der Waals surface area contributed by atoms with E-state index >= 15 is 0 Å². The zero-order chi connectivity index (χ0) is 25.9. The van der Waals surface area contributed by atoms with Crippen molar-refractivity contribution >= 4 is 22.6 Å². The number of ketones is 1. The number of aromatic nitrogens is 4. The first-order valence-electron chi connectivity index (χ1n) is 12.2. The van der Waals surface area contributed by atoms with Crippen molar-refractivity contribution in [3.8, 4) is 11.4 Å². The zero-order valence-corrected chi connectivity index (χ0v) is 20.8. The Morgan fingerprint density at radius 2 is 1.89 bits per heavy atom. The summed E-state index contributed by atoms with van der Waals surface area (Å²) in [6.07, 6.45) is 4.67. The summed E-state index contributed by atoms with van der Waals surface area (Å²) in [6.45, 7) is 6.14. The van der Waals surface area contributed by atoms with E-state index in [-0.39, 0.29) is 30.2 Å². The number of fused-ring (bicyclic) bond motifs is 1. The SMILES string of the molecule is CC(C)Oc1ccc(C(=O)Cn2ccnc2)cc1-n1c(C(=O)N2CCNCC2)nc2ccccc2c1=O. The molecule has 0 unspecified atom stereocenters. The molecular formula is C27H28N6O4. The number of hydrogen-bond donors (Lipinski definition) is 1. The van der Waals surface area contributed by atoms with E-state index in [1.54, 1.807) is 70.7 Å². The lowest BCUT2D eigenvalue weighted by molar-refractivity contribution is 0.0720. The van der Waals surface area contributed by atoms with E-state index in [9.17, 15) is 14.4 Å². The van der Waals surface area contributed by atoms with E-state index in [4.69, 9.17) is 4.74 Å². The highest BCUT2D eigenvalue weighted by Gasteiger charge is 2.27. The highest BCUT2D eigenvalue weighted by molar-refractivity contribution is 5.97. The number of benzene rings is 2. The molecule has 0 atom stereocenters. The summed E-state index contributed by atoms with van der Waals surface area (Å²) < 4.78 is 9.00. The number of amides is 1. The Labute approximate surface area is 213 Å². The van der Waals surface area contributed by atoms with Gasteiger partial charge in [0, 0.05) is 44.1 Å². The maximum absolute atomic E-state index is 13.9. The smallest absolute Gasteiger partial charge is 0.290 e. The largest absolute Gasteiger partial charge is 0.489 e. The fourth-order valence-corrected chi connectivity index (χ4v) is 4.37. The molecule has 4 aromatic rings. The van der Waals surface area contributed by atoms with Gasteiger partial charge in [-0.3, -0.25) is 19.0 Å². The van der Waals surface area contributed by atoms with Crippen LogP contribution in [0.2, 0.25) is 0 Å². The van der Waals surface area contributed by atoms with Crippen LogP contribution in [-0.2, 0) is 6.54 Å². The van der Waals surface area contributed by atoms with E-state index in [1.165, 1.54) is 4.57 Å². The minimum absolute atomic E-state index is 0.0154. The van der Waals surface area contributed by atoms with Gasteiger partial charge in [-0.1, -0.05) is 12.1 Å². The number of piperazine rings is 1. The van der Waals surface area contributed by atoms with Gasteiger partial charge in [-0.25, -0.2) is 9.97 Å². The maximum Gasteiger partial charge on any atom is 0.290 e. The van der Waals surface area contributed by atoms with Gasteiger partial charge in [-0.05, 0) is 44.2 Å². The molecule has 10 heteroatoms. The average Bonchev–Trinajstić information content (AvgIpc) is 3.42. The first-order valence-corrected chi connectivity index (χ1v) is 12.2. The molecule has 1 aliphatic heterocycles. The van der Waals surface area contributed by atoms with Crippen molar-refractivity contribution in [1.82, 2.24) is 29.3 Å². The molecule has 1 aliphatic rings. The Morgan fingerprint density at radius 3 is 2.62 bits per heavy atom. The van der Waals surface area contributed by atoms with Gasteiger partial charge in [-0.2, -0.15) is 0 Å². The van der Waals surface area contributed by atoms with Crippen LogP contribution in [0.4, 0.5) is 0 Å². The predicted octanol–water partition coefficient (Wildman–Crippen LogP) is 2.30. The molecule has 1 N–H and O–H groups in total. The van der Waals surface area contributed by atoms with Crippen molar-refractivity contribution in [1.29, 1.82) is 0 Å². The highest BCUT2D eigenvalue weighted by Crippen LogP contribution is 2.27. The van der Waals surface area contributed by atoms with Gasteiger partial charge < -0.3 is 19.5 Å². The van der Waals surface area contributed by atoms with Gasteiger partial charge in [-0.15, -0.1) is 0 Å². The molecule has 0 bridgehead atoms. The quantitative estimate of drug-likeness (QED) is 0.388. The van der Waals surface area contributed by atoms with Gasteiger partial charge in [0.1, 0.15) is 5.75 Å². The molecule has 1 saturated heterocycles. The van der Waals surface area contributed by atoms with E-state index in [0.717, 1.165) is 0 Å². The Hall–Kier alpha value is -4.31. The Balaban J connectivity index is 1.71. The van der Waals surface area contributed by atoms with Crippen molar-refractivity contribution in [2.45, 2.75) is 26.5 Å². The van der Waals surface area contributed by atoms with Crippen molar-refractivity contribution < 1.29 is 14.3 Å². The van der Waals surface area contributed by atoms with Gasteiger partial charge in [0.05, 0.1) is 35.6 Å². The van der Waals surface area contributed by atoms with Crippen LogP contribution in [0.5, 0.6) is 5.75 Å². The number of ether oxygens (including phenoxy) is 1. The molecule has 190 valence electrons. The van der Waals surface area contributed by atoms with Crippen LogP contribution in [0.1, 0.15) is 34.8 Å². The molecule has 0 saturated carbocycles. The number of rotatable bonds is 7. The van der Waals surface area contributed by atoms with Crippen LogP contribution in [0, 0.1) is 0 Å². The van der Waals surface area contributed by atoms with Crippen LogP contribution >= 0.6 is 0 Å². The lowest BCUT2D eigenvalue weighted by atomic mass is 10.1. The Kier molecular flexibility index (Phi) is 6.82. The molecule has 0 radical (unpaired) electrons. The van der Waals surface area contributed by atoms with Crippen molar-refractivity contribution in [2.75, 3.05) is 26.2 Å². The summed E-state index contributed by atoms with van der Waals surface area (Å²) in [7, 11) is 0. The third kappa shape index (κ3) is 5.01. The van der Waals surface area contributed by atoms with Crippen molar-refractivity contribution in [3.05, 3.63) is 82.9 Å². The van der Waals surface area contributed by atoms with Crippen LogP contribution in [0.15, 0.2) is 66.0 Å². The number of imidazole rings is 1. The third-order valence-corrected chi connectivity index (χ3v) is 6.14. The normalized spacial score (nSPS) is 13.8. The molecule has 2 aromatic heterocycles. The second-order valence-corrected chi connectivity index (χ2v) is 9.14. The highest BCUT2D eigenvalue weighted by atomic mass is 16.5. The zero-order valence-electron chi connectivity index (χ0n) is 20.8. The molecule has 2 aromatic carbocycles. The lowest BCUT2D eigenvalue weighted by Crippen LogP contribution is -2.47. The summed E-state index contributed by atoms with van der Waals surface area (Å²) in [6, 6.07) is 11.9. The Morgan fingerprint density at radius 1 is 1.11 bits per heavy atom. The molecule has 5 rings (SSSR count). The van der Waals surface area contributed by atoms with E-state index in [2.05, 4.69) is 15.3 Å². The van der Waals surface area contributed by atoms with Crippen LogP contribution in [0.25, 0.3) is 16.6 Å². The summed E-state index contributed by atoms with van der Waals surface area (Å²) in [4.78, 5) is 51.0. The van der Waals surface area contributed by atoms with Gasteiger partial charge >= 0.3 is 0 Å². The second kappa shape index (κ2) is 10.4. The van der Waals surface area contributed by atoms with Crippen molar-refractivity contribution in [2.24, 2.45) is 0 Å². The summed E-state index contributed by atoms with van der Waals surface area (Å²) in [5.74, 6) is -0.164. The number of carbonyl (C=O) groups excluding carboxylic acids is 2. The molecule has 3 heterocycles. The van der Waals surface area contributed by atoms with Crippen LogP contribution < -0.4 is 15.6 Å². The molecule has 37 heavy (non-hydrogen) atoms. The topological polar surface area (TPSA) is 111 Å². The summed E-state index contributed by atoms with van der Waals surface area (Å²) >= 11 is 0. The van der Waals surface area contributed by atoms with E-state index in [0.29, 0.717) is 54.1 Å². The van der Waals surface area contributed by atoms with E-state index in [1.807, 2.05) is 13.8 Å². The molecular weight excluding hydrogens is 472 g/mol.